The molecule has 120 valence electrons. The molecule has 4 heteroatoms. The van der Waals surface area contributed by atoms with Gasteiger partial charge in [-0.3, -0.25) is 0 Å². The number of aromatic amines is 1. The molecule has 0 aliphatic carbocycles. The molecule has 0 aliphatic rings. The standard InChI is InChI=1S/C19H21FN2O/c1-23-16-6-7-19-17(12-16)15(13-22-19)9-11-21-10-8-14-4-2-3-5-18(14)20/h2-7,12-13,21-22H,8-11H2,1H3. The van der Waals surface area contributed by atoms with Gasteiger partial charge in [0.1, 0.15) is 11.6 Å². The fourth-order valence-corrected chi connectivity index (χ4v) is 2.76. The lowest BCUT2D eigenvalue weighted by atomic mass is 10.1. The summed E-state index contributed by atoms with van der Waals surface area (Å²) in [4.78, 5) is 3.28. The first-order chi connectivity index (χ1) is 11.3. The maximum Gasteiger partial charge on any atom is 0.126 e. The SMILES string of the molecule is COc1ccc2[nH]cc(CCNCCc3ccccc3F)c2c1. The second-order valence-corrected chi connectivity index (χ2v) is 5.57. The van der Waals surface area contributed by atoms with E-state index in [0.717, 1.165) is 36.3 Å². The van der Waals surface area contributed by atoms with E-state index in [-0.39, 0.29) is 5.82 Å². The Morgan fingerprint density at radius 2 is 1.83 bits per heavy atom. The molecule has 0 spiro atoms. The van der Waals surface area contributed by atoms with Crippen molar-refractivity contribution in [1.29, 1.82) is 0 Å². The van der Waals surface area contributed by atoms with Gasteiger partial charge in [0.15, 0.2) is 0 Å². The van der Waals surface area contributed by atoms with Gasteiger partial charge in [0, 0.05) is 17.1 Å². The molecule has 0 amide bonds. The Labute approximate surface area is 135 Å². The molecule has 2 aromatic carbocycles. The molecule has 3 nitrogen and oxygen atoms in total. The molecule has 2 N–H and O–H groups in total. The first kappa shape index (κ1) is 15.6. The third-order valence-electron chi connectivity index (χ3n) is 4.07. The first-order valence-electron chi connectivity index (χ1n) is 7.86. The van der Waals surface area contributed by atoms with Crippen molar-refractivity contribution >= 4 is 10.9 Å². The van der Waals surface area contributed by atoms with Crippen molar-refractivity contribution in [1.82, 2.24) is 10.3 Å². The predicted octanol–water partition coefficient (Wildman–Crippen LogP) is 3.69. The van der Waals surface area contributed by atoms with Crippen molar-refractivity contribution in [2.75, 3.05) is 20.2 Å². The van der Waals surface area contributed by atoms with Crippen LogP contribution in [0.1, 0.15) is 11.1 Å². The minimum absolute atomic E-state index is 0.127. The highest BCUT2D eigenvalue weighted by atomic mass is 19.1. The zero-order valence-electron chi connectivity index (χ0n) is 13.2. The summed E-state index contributed by atoms with van der Waals surface area (Å²) in [6.45, 7) is 1.63. The lowest BCUT2D eigenvalue weighted by Gasteiger charge is -2.06. The number of hydrogen-bond acceptors (Lipinski definition) is 2. The van der Waals surface area contributed by atoms with Crippen molar-refractivity contribution < 1.29 is 9.13 Å². The Morgan fingerprint density at radius 1 is 1.04 bits per heavy atom. The normalized spacial score (nSPS) is 11.0. The second-order valence-electron chi connectivity index (χ2n) is 5.57. The van der Waals surface area contributed by atoms with Gasteiger partial charge < -0.3 is 15.0 Å². The van der Waals surface area contributed by atoms with Crippen LogP contribution in [0, 0.1) is 5.82 Å². The topological polar surface area (TPSA) is 37.0 Å². The number of ether oxygens (including phenoxy) is 1. The fraction of sp³-hybridized carbons (Fsp3) is 0.263. The van der Waals surface area contributed by atoms with E-state index in [1.54, 1.807) is 13.2 Å². The summed E-state index contributed by atoms with van der Waals surface area (Å²) in [6.07, 6.45) is 3.67. The highest BCUT2D eigenvalue weighted by Gasteiger charge is 2.05. The van der Waals surface area contributed by atoms with E-state index < -0.39 is 0 Å². The number of rotatable bonds is 7. The maximum absolute atomic E-state index is 13.5. The monoisotopic (exact) mass is 312 g/mol. The molecule has 3 aromatic rings. The molecule has 1 aromatic heterocycles. The number of nitrogens with one attached hydrogen (secondary N) is 2. The minimum Gasteiger partial charge on any atom is -0.497 e. The van der Waals surface area contributed by atoms with E-state index in [0.29, 0.717) is 6.42 Å². The van der Waals surface area contributed by atoms with Gasteiger partial charge in [-0.2, -0.15) is 0 Å². The molecule has 3 rings (SSSR count). The highest BCUT2D eigenvalue weighted by Crippen LogP contribution is 2.23. The Balaban J connectivity index is 1.52. The minimum atomic E-state index is -0.127. The summed E-state index contributed by atoms with van der Waals surface area (Å²) in [7, 11) is 1.68. The number of fused-ring (bicyclic) bond motifs is 1. The second kappa shape index (κ2) is 7.29. The molecule has 0 saturated carbocycles. The van der Waals surface area contributed by atoms with Crippen LogP contribution in [0.25, 0.3) is 10.9 Å². The van der Waals surface area contributed by atoms with E-state index in [1.165, 1.54) is 17.0 Å². The van der Waals surface area contributed by atoms with Crippen LogP contribution in [0.5, 0.6) is 5.75 Å². The predicted molar refractivity (Wildman–Crippen MR) is 91.5 cm³/mol. The lowest BCUT2D eigenvalue weighted by molar-refractivity contribution is 0.415. The molecule has 0 radical (unpaired) electrons. The van der Waals surface area contributed by atoms with Gasteiger partial charge in [-0.1, -0.05) is 18.2 Å². The van der Waals surface area contributed by atoms with Crippen LogP contribution in [0.3, 0.4) is 0 Å². The Hall–Kier alpha value is -2.33. The molecular formula is C19H21FN2O. The van der Waals surface area contributed by atoms with E-state index in [2.05, 4.69) is 16.4 Å². The molecule has 0 bridgehead atoms. The summed E-state index contributed by atoms with van der Waals surface area (Å²) in [5.41, 5.74) is 3.14. The smallest absolute Gasteiger partial charge is 0.126 e. The fourth-order valence-electron chi connectivity index (χ4n) is 2.76. The van der Waals surface area contributed by atoms with E-state index in [1.807, 2.05) is 30.5 Å². The lowest BCUT2D eigenvalue weighted by Crippen LogP contribution is -2.20. The van der Waals surface area contributed by atoms with Crippen LogP contribution in [0.4, 0.5) is 4.39 Å². The Bertz CT molecular complexity index is 782. The zero-order chi connectivity index (χ0) is 16.1. The number of benzene rings is 2. The van der Waals surface area contributed by atoms with Gasteiger partial charge in [-0.05, 0) is 61.3 Å². The van der Waals surface area contributed by atoms with Crippen molar-refractivity contribution in [2.24, 2.45) is 0 Å². The maximum atomic E-state index is 13.5. The Morgan fingerprint density at radius 3 is 2.61 bits per heavy atom. The highest BCUT2D eigenvalue weighted by molar-refractivity contribution is 5.84. The molecule has 0 atom stereocenters. The number of H-pyrrole nitrogens is 1. The van der Waals surface area contributed by atoms with Gasteiger partial charge in [0.25, 0.3) is 0 Å². The molecule has 23 heavy (non-hydrogen) atoms. The van der Waals surface area contributed by atoms with Gasteiger partial charge >= 0.3 is 0 Å². The average molecular weight is 312 g/mol. The zero-order valence-corrected chi connectivity index (χ0v) is 13.2. The number of methoxy groups -OCH3 is 1. The summed E-state index contributed by atoms with van der Waals surface area (Å²) < 4.78 is 18.8. The van der Waals surface area contributed by atoms with Crippen molar-refractivity contribution in [3.8, 4) is 5.75 Å². The summed E-state index contributed by atoms with van der Waals surface area (Å²) >= 11 is 0. The first-order valence-corrected chi connectivity index (χ1v) is 7.86. The number of halogens is 1. The number of hydrogen-bond donors (Lipinski definition) is 2. The van der Waals surface area contributed by atoms with Crippen LogP contribution in [-0.2, 0) is 12.8 Å². The quantitative estimate of drug-likeness (QED) is 0.653. The Kier molecular flexibility index (Phi) is 4.93. The molecule has 0 saturated heterocycles. The molecule has 0 unspecified atom stereocenters. The average Bonchev–Trinajstić information content (AvgIpc) is 2.98. The van der Waals surface area contributed by atoms with E-state index >= 15 is 0 Å². The third-order valence-corrected chi connectivity index (χ3v) is 4.07. The van der Waals surface area contributed by atoms with Crippen molar-refractivity contribution in [3.63, 3.8) is 0 Å². The van der Waals surface area contributed by atoms with Crippen molar-refractivity contribution in [3.05, 3.63) is 65.6 Å². The van der Waals surface area contributed by atoms with Crippen LogP contribution >= 0.6 is 0 Å². The number of aromatic nitrogens is 1. The van der Waals surface area contributed by atoms with Crippen LogP contribution < -0.4 is 10.1 Å². The van der Waals surface area contributed by atoms with Gasteiger partial charge in [0.05, 0.1) is 7.11 Å². The van der Waals surface area contributed by atoms with Crippen molar-refractivity contribution in [2.45, 2.75) is 12.8 Å². The van der Waals surface area contributed by atoms with Crippen LogP contribution in [0.2, 0.25) is 0 Å². The van der Waals surface area contributed by atoms with Gasteiger partial charge in [-0.25, -0.2) is 4.39 Å². The summed E-state index contributed by atoms with van der Waals surface area (Å²) in [5.74, 6) is 0.740. The van der Waals surface area contributed by atoms with E-state index in [9.17, 15) is 4.39 Å². The van der Waals surface area contributed by atoms with Crippen LogP contribution in [-0.4, -0.2) is 25.2 Å². The van der Waals surface area contributed by atoms with Gasteiger partial charge in [-0.15, -0.1) is 0 Å². The van der Waals surface area contributed by atoms with E-state index in [4.69, 9.17) is 4.74 Å². The summed E-state index contributed by atoms with van der Waals surface area (Å²) in [6, 6.07) is 13.0. The molecular weight excluding hydrogens is 291 g/mol. The molecule has 0 fully saturated rings. The molecule has 1 heterocycles. The van der Waals surface area contributed by atoms with Gasteiger partial charge in [0.2, 0.25) is 0 Å². The third kappa shape index (κ3) is 3.71. The largest absolute Gasteiger partial charge is 0.497 e. The summed E-state index contributed by atoms with van der Waals surface area (Å²) in [5, 5.41) is 4.58. The molecule has 0 aliphatic heterocycles. The van der Waals surface area contributed by atoms with Crippen LogP contribution in [0.15, 0.2) is 48.7 Å².